The molecule has 5 aromatic rings. The fraction of sp³-hybridized carbons (Fsp3) is 0.240. The van der Waals surface area contributed by atoms with Crippen LogP contribution in [0.3, 0.4) is 0 Å². The average Bonchev–Trinajstić information content (AvgIpc) is 4.13. The van der Waals surface area contributed by atoms with E-state index in [2.05, 4.69) is 67.6 Å². The fourth-order valence-corrected chi connectivity index (χ4v) is 10.9. The second kappa shape index (κ2) is 13.0. The number of carbonyl (C=O) groups is 4. The number of hydrogen-bond acceptors (Lipinski definition) is 6. The standard InChI is InChI=1S/C50H40N2O6/c1-50(33-5-3-2-4-6-33,34-11-19-38(20-12-34)57-40-23-15-36(16-24-40)51-46(53)42-29-7-8-30(27-29)43(42)47(51)54)35-13-21-39(22-14-35)58-41-25-17-37(18-26-41)52-48(55)44-31-9-10-32(28-31)45(44)49(52)56/h2-26,29-32,42-45H,27-28H2,1H3/t29-,30-,31-,32-,42-,43+,44-,45+/m0/s1. The summed E-state index contributed by atoms with van der Waals surface area (Å²) in [6, 6.07) is 40.9. The van der Waals surface area contributed by atoms with E-state index in [1.54, 1.807) is 48.5 Å². The number of amides is 4. The molecule has 5 aromatic carbocycles. The van der Waals surface area contributed by atoms with E-state index in [0.717, 1.165) is 29.5 Å². The first-order valence-electron chi connectivity index (χ1n) is 20.2. The first kappa shape index (κ1) is 34.7. The molecule has 8 atom stereocenters. The zero-order chi connectivity index (χ0) is 39.3. The summed E-state index contributed by atoms with van der Waals surface area (Å²) >= 11 is 0. The summed E-state index contributed by atoms with van der Waals surface area (Å²) < 4.78 is 12.5. The highest BCUT2D eigenvalue weighted by molar-refractivity contribution is 6.23. The third-order valence-corrected chi connectivity index (χ3v) is 13.8. The van der Waals surface area contributed by atoms with Gasteiger partial charge in [0.25, 0.3) is 0 Å². The van der Waals surface area contributed by atoms with Crippen LogP contribution in [0.4, 0.5) is 11.4 Å². The molecule has 0 unspecified atom stereocenters. The van der Waals surface area contributed by atoms with Crippen molar-refractivity contribution in [1.29, 1.82) is 0 Å². The van der Waals surface area contributed by atoms with E-state index in [-0.39, 0.29) is 71.0 Å². The van der Waals surface area contributed by atoms with Crippen LogP contribution in [0.15, 0.2) is 152 Å². The predicted molar refractivity (Wildman–Crippen MR) is 218 cm³/mol. The van der Waals surface area contributed by atoms with Crippen LogP contribution >= 0.6 is 0 Å². The number of anilines is 2. The molecule has 2 heterocycles. The highest BCUT2D eigenvalue weighted by Crippen LogP contribution is 2.54. The Hall–Kier alpha value is -6.54. The summed E-state index contributed by atoms with van der Waals surface area (Å²) in [7, 11) is 0. The molecule has 4 fully saturated rings. The molecule has 0 spiro atoms. The number of nitrogens with zero attached hydrogens (tertiary/aromatic N) is 2. The van der Waals surface area contributed by atoms with Gasteiger partial charge in [-0.25, -0.2) is 0 Å². The summed E-state index contributed by atoms with van der Waals surface area (Å²) in [4.78, 5) is 55.9. The van der Waals surface area contributed by atoms with E-state index >= 15 is 0 Å². The van der Waals surface area contributed by atoms with Crippen LogP contribution < -0.4 is 19.3 Å². The highest BCUT2D eigenvalue weighted by Gasteiger charge is 2.60. The van der Waals surface area contributed by atoms with Gasteiger partial charge in [0, 0.05) is 5.41 Å². The maximum absolute atomic E-state index is 13.3. The second-order valence-corrected chi connectivity index (χ2v) is 16.8. The fourth-order valence-electron chi connectivity index (χ4n) is 10.9. The Bertz CT molecular complexity index is 2330. The normalized spacial score (nSPS) is 27.5. The molecule has 0 aromatic heterocycles. The Morgan fingerprint density at radius 1 is 0.414 bits per heavy atom. The molecular weight excluding hydrogens is 725 g/mol. The van der Waals surface area contributed by atoms with Crippen LogP contribution in [0.5, 0.6) is 23.0 Å². The quantitative estimate of drug-likeness (QED) is 0.0845. The molecule has 286 valence electrons. The van der Waals surface area contributed by atoms with Gasteiger partial charge < -0.3 is 9.47 Å². The first-order chi connectivity index (χ1) is 28.3. The van der Waals surface area contributed by atoms with Gasteiger partial charge in [0.05, 0.1) is 35.0 Å². The van der Waals surface area contributed by atoms with Crippen molar-refractivity contribution in [3.63, 3.8) is 0 Å². The van der Waals surface area contributed by atoms with Gasteiger partial charge in [0.15, 0.2) is 0 Å². The summed E-state index contributed by atoms with van der Waals surface area (Å²) in [5, 5.41) is 0. The van der Waals surface area contributed by atoms with Crippen LogP contribution in [0, 0.1) is 47.3 Å². The molecule has 0 N–H and O–H groups in total. The second-order valence-electron chi connectivity index (χ2n) is 16.8. The van der Waals surface area contributed by atoms with Gasteiger partial charge in [-0.1, -0.05) is 78.9 Å². The lowest BCUT2D eigenvalue weighted by molar-refractivity contribution is -0.124. The first-order valence-corrected chi connectivity index (χ1v) is 20.2. The van der Waals surface area contributed by atoms with Crippen molar-refractivity contribution in [1.82, 2.24) is 0 Å². The van der Waals surface area contributed by atoms with E-state index in [1.807, 2.05) is 42.5 Å². The van der Waals surface area contributed by atoms with Crippen LogP contribution in [-0.4, -0.2) is 23.6 Å². The van der Waals surface area contributed by atoms with Crippen molar-refractivity contribution in [3.05, 3.63) is 168 Å². The van der Waals surface area contributed by atoms with Crippen LogP contribution in [-0.2, 0) is 24.6 Å². The van der Waals surface area contributed by atoms with Crippen molar-refractivity contribution in [2.24, 2.45) is 47.3 Å². The predicted octanol–water partition coefficient (Wildman–Crippen LogP) is 9.25. The molecule has 2 saturated heterocycles. The largest absolute Gasteiger partial charge is 0.457 e. The lowest BCUT2D eigenvalue weighted by Crippen LogP contribution is -2.32. The van der Waals surface area contributed by atoms with Gasteiger partial charge in [-0.3, -0.25) is 29.0 Å². The van der Waals surface area contributed by atoms with Crippen LogP contribution in [0.2, 0.25) is 0 Å². The van der Waals surface area contributed by atoms with Gasteiger partial charge in [0.1, 0.15) is 23.0 Å². The molecule has 4 amide bonds. The summed E-state index contributed by atoms with van der Waals surface area (Å²) in [5.74, 6) is 1.95. The van der Waals surface area contributed by atoms with Crippen LogP contribution in [0.25, 0.3) is 0 Å². The van der Waals surface area contributed by atoms with E-state index in [4.69, 9.17) is 9.47 Å². The van der Waals surface area contributed by atoms with Gasteiger partial charge in [-0.05, 0) is 133 Å². The highest BCUT2D eigenvalue weighted by atomic mass is 16.5. The van der Waals surface area contributed by atoms with Crippen molar-refractivity contribution in [2.45, 2.75) is 25.2 Å². The molecule has 58 heavy (non-hydrogen) atoms. The number of rotatable bonds is 9. The minimum Gasteiger partial charge on any atom is -0.457 e. The molecule has 4 bridgehead atoms. The van der Waals surface area contributed by atoms with E-state index in [9.17, 15) is 19.2 Å². The van der Waals surface area contributed by atoms with E-state index in [0.29, 0.717) is 34.4 Å². The van der Waals surface area contributed by atoms with Gasteiger partial charge >= 0.3 is 0 Å². The maximum Gasteiger partial charge on any atom is 0.238 e. The van der Waals surface area contributed by atoms with Crippen LogP contribution in [0.1, 0.15) is 36.5 Å². The van der Waals surface area contributed by atoms with E-state index in [1.165, 1.54) is 9.80 Å². The molecule has 4 aliphatic carbocycles. The van der Waals surface area contributed by atoms with Gasteiger partial charge in [0.2, 0.25) is 23.6 Å². The summed E-state index contributed by atoms with van der Waals surface area (Å²) in [6.07, 6.45) is 10.2. The smallest absolute Gasteiger partial charge is 0.238 e. The van der Waals surface area contributed by atoms with Gasteiger partial charge in [-0.15, -0.1) is 0 Å². The topological polar surface area (TPSA) is 93.2 Å². The summed E-state index contributed by atoms with van der Waals surface area (Å²) in [6.45, 7) is 2.21. The number of ether oxygens (including phenoxy) is 2. The Balaban J connectivity index is 0.785. The molecular formula is C50H40N2O6. The Kier molecular flexibility index (Phi) is 7.77. The van der Waals surface area contributed by atoms with Crippen molar-refractivity contribution in [2.75, 3.05) is 9.80 Å². The maximum atomic E-state index is 13.3. The minimum absolute atomic E-state index is 0.0902. The number of fused-ring (bicyclic) bond motifs is 10. The van der Waals surface area contributed by atoms with Crippen molar-refractivity contribution >= 4 is 35.0 Å². The third-order valence-electron chi connectivity index (χ3n) is 13.8. The molecule has 8 nitrogen and oxygen atoms in total. The van der Waals surface area contributed by atoms with Crippen molar-refractivity contribution < 1.29 is 28.7 Å². The lowest BCUT2D eigenvalue weighted by Gasteiger charge is -2.32. The number of imide groups is 2. The monoisotopic (exact) mass is 764 g/mol. The Labute approximate surface area is 336 Å². The molecule has 6 aliphatic rings. The number of hydrogen-bond donors (Lipinski definition) is 0. The SMILES string of the molecule is CC(c1ccccc1)(c1ccc(Oc2ccc(N3C(=O)[C@@H]4[C@H](C3=O)[C@H]3C=C[C@H]4C3)cc2)cc1)c1ccc(Oc2ccc(N3C(=O)[C@@H]4[C@H](C3=O)[C@H]3C=C[C@H]4C3)cc2)cc1. The molecule has 0 radical (unpaired) electrons. The number of benzene rings is 5. The number of carbonyl (C=O) groups excluding carboxylic acids is 4. The number of allylic oxidation sites excluding steroid dienone is 4. The summed E-state index contributed by atoms with van der Waals surface area (Å²) in [5.41, 5.74) is 3.93. The van der Waals surface area contributed by atoms with Gasteiger partial charge in [-0.2, -0.15) is 0 Å². The Morgan fingerprint density at radius 2 is 0.707 bits per heavy atom. The minimum atomic E-state index is -0.508. The molecule has 11 rings (SSSR count). The third kappa shape index (κ3) is 5.20. The molecule has 2 aliphatic heterocycles. The lowest BCUT2D eigenvalue weighted by atomic mass is 9.71. The molecule has 2 saturated carbocycles. The Morgan fingerprint density at radius 3 is 1.03 bits per heavy atom. The molecule has 8 heteroatoms. The van der Waals surface area contributed by atoms with Crippen molar-refractivity contribution in [3.8, 4) is 23.0 Å². The van der Waals surface area contributed by atoms with E-state index < -0.39 is 5.41 Å². The average molecular weight is 765 g/mol. The zero-order valence-corrected chi connectivity index (χ0v) is 31.8. The zero-order valence-electron chi connectivity index (χ0n) is 31.8.